The highest BCUT2D eigenvalue weighted by Gasteiger charge is 2.28. The Labute approximate surface area is 110 Å². The van der Waals surface area contributed by atoms with E-state index in [1.807, 2.05) is 27.7 Å². The van der Waals surface area contributed by atoms with Crippen LogP contribution in [0.25, 0.3) is 0 Å². The van der Waals surface area contributed by atoms with Gasteiger partial charge in [0.05, 0.1) is 18.8 Å². The number of carbonyl (C=O) groups excluding carboxylic acids is 1. The standard InChI is InChI=1S/C13H26N2O3/c1-10(8-14)17-11-6-5-7-15(9-11)12(16)18-13(2,3)4/h10-11H,5-9,14H2,1-4H3. The topological polar surface area (TPSA) is 64.8 Å². The normalized spacial score (nSPS) is 22.7. The van der Waals surface area contributed by atoms with E-state index in [2.05, 4.69) is 0 Å². The first-order chi connectivity index (χ1) is 8.31. The van der Waals surface area contributed by atoms with E-state index in [-0.39, 0.29) is 18.3 Å². The third kappa shape index (κ3) is 5.23. The van der Waals surface area contributed by atoms with Gasteiger partial charge >= 0.3 is 6.09 Å². The van der Waals surface area contributed by atoms with Crippen molar-refractivity contribution in [3.63, 3.8) is 0 Å². The van der Waals surface area contributed by atoms with E-state index in [1.165, 1.54) is 0 Å². The van der Waals surface area contributed by atoms with Crippen LogP contribution >= 0.6 is 0 Å². The lowest BCUT2D eigenvalue weighted by Crippen LogP contribution is -2.46. The summed E-state index contributed by atoms with van der Waals surface area (Å²) in [6, 6.07) is 0. The van der Waals surface area contributed by atoms with Crippen LogP contribution in [-0.4, -0.2) is 48.4 Å². The lowest BCUT2D eigenvalue weighted by Gasteiger charge is -2.35. The van der Waals surface area contributed by atoms with Crippen molar-refractivity contribution in [3.05, 3.63) is 0 Å². The third-order valence-electron chi connectivity index (χ3n) is 2.79. The molecule has 106 valence electrons. The molecule has 2 N–H and O–H groups in total. The van der Waals surface area contributed by atoms with Crippen LogP contribution < -0.4 is 5.73 Å². The number of nitrogens with zero attached hydrogens (tertiary/aromatic N) is 1. The molecule has 5 nitrogen and oxygen atoms in total. The number of hydrogen-bond acceptors (Lipinski definition) is 4. The monoisotopic (exact) mass is 258 g/mol. The second-order valence-corrected chi connectivity index (χ2v) is 5.87. The van der Waals surface area contributed by atoms with Crippen molar-refractivity contribution in [1.29, 1.82) is 0 Å². The Morgan fingerprint density at radius 1 is 1.50 bits per heavy atom. The summed E-state index contributed by atoms with van der Waals surface area (Å²) in [6.07, 6.45) is 1.78. The fourth-order valence-electron chi connectivity index (χ4n) is 1.93. The fraction of sp³-hybridized carbons (Fsp3) is 0.923. The second-order valence-electron chi connectivity index (χ2n) is 5.87. The van der Waals surface area contributed by atoms with Gasteiger partial charge in [0.15, 0.2) is 0 Å². The van der Waals surface area contributed by atoms with Crippen LogP contribution in [0.3, 0.4) is 0 Å². The molecule has 1 aliphatic rings. The number of amides is 1. The summed E-state index contributed by atoms with van der Waals surface area (Å²) in [5, 5.41) is 0. The number of ether oxygens (including phenoxy) is 2. The highest BCUT2D eigenvalue weighted by atomic mass is 16.6. The molecule has 2 unspecified atom stereocenters. The Balaban J connectivity index is 2.45. The molecule has 0 aromatic carbocycles. The van der Waals surface area contributed by atoms with Gasteiger partial charge in [-0.3, -0.25) is 0 Å². The molecular weight excluding hydrogens is 232 g/mol. The molecule has 1 saturated heterocycles. The van der Waals surface area contributed by atoms with Gasteiger partial charge in [0.1, 0.15) is 5.60 Å². The number of rotatable bonds is 3. The zero-order chi connectivity index (χ0) is 13.8. The molecule has 2 atom stereocenters. The minimum absolute atomic E-state index is 0.0357. The zero-order valence-corrected chi connectivity index (χ0v) is 11.9. The van der Waals surface area contributed by atoms with Crippen molar-refractivity contribution in [2.75, 3.05) is 19.6 Å². The van der Waals surface area contributed by atoms with Crippen LogP contribution in [0.2, 0.25) is 0 Å². The predicted octanol–water partition coefficient (Wildman–Crippen LogP) is 1.75. The Bertz CT molecular complexity index is 276. The second kappa shape index (κ2) is 6.38. The summed E-state index contributed by atoms with van der Waals surface area (Å²) < 4.78 is 11.1. The van der Waals surface area contributed by atoms with Crippen LogP contribution in [0.15, 0.2) is 0 Å². The average molecular weight is 258 g/mol. The largest absolute Gasteiger partial charge is 0.444 e. The van der Waals surface area contributed by atoms with Crippen LogP contribution in [0.4, 0.5) is 4.79 Å². The predicted molar refractivity (Wildman–Crippen MR) is 70.4 cm³/mol. The molecule has 0 radical (unpaired) electrons. The number of nitrogens with two attached hydrogens (primary N) is 1. The van der Waals surface area contributed by atoms with Gasteiger partial charge in [0.2, 0.25) is 0 Å². The molecule has 0 spiro atoms. The minimum Gasteiger partial charge on any atom is -0.444 e. The summed E-state index contributed by atoms with van der Waals surface area (Å²) >= 11 is 0. The van der Waals surface area contributed by atoms with E-state index in [4.69, 9.17) is 15.2 Å². The first-order valence-corrected chi connectivity index (χ1v) is 6.65. The molecule has 1 aliphatic heterocycles. The molecule has 1 amide bonds. The zero-order valence-electron chi connectivity index (χ0n) is 11.9. The van der Waals surface area contributed by atoms with Crippen molar-refractivity contribution in [1.82, 2.24) is 4.90 Å². The molecule has 1 rings (SSSR count). The molecule has 0 saturated carbocycles. The Morgan fingerprint density at radius 3 is 2.72 bits per heavy atom. The van der Waals surface area contributed by atoms with E-state index < -0.39 is 5.60 Å². The summed E-state index contributed by atoms with van der Waals surface area (Å²) in [6.45, 7) is 9.42. The maximum atomic E-state index is 11.9. The van der Waals surface area contributed by atoms with Crippen LogP contribution in [0.1, 0.15) is 40.5 Å². The molecule has 5 heteroatoms. The van der Waals surface area contributed by atoms with Crippen LogP contribution in [0.5, 0.6) is 0 Å². The summed E-state index contributed by atoms with van der Waals surface area (Å²) in [7, 11) is 0. The van der Waals surface area contributed by atoms with Crippen molar-refractivity contribution >= 4 is 6.09 Å². The van der Waals surface area contributed by atoms with Gasteiger partial charge in [0, 0.05) is 13.1 Å². The van der Waals surface area contributed by atoms with E-state index >= 15 is 0 Å². The molecule has 1 fully saturated rings. The number of carbonyl (C=O) groups is 1. The number of piperidine rings is 1. The summed E-state index contributed by atoms with van der Waals surface area (Å²) in [4.78, 5) is 13.7. The van der Waals surface area contributed by atoms with E-state index in [0.29, 0.717) is 13.1 Å². The number of likely N-dealkylation sites (tertiary alicyclic amines) is 1. The lowest BCUT2D eigenvalue weighted by molar-refractivity contribution is -0.0442. The Hall–Kier alpha value is -0.810. The van der Waals surface area contributed by atoms with Gasteiger partial charge in [-0.05, 0) is 40.5 Å². The van der Waals surface area contributed by atoms with Crippen molar-refractivity contribution < 1.29 is 14.3 Å². The van der Waals surface area contributed by atoms with Gasteiger partial charge in [-0.25, -0.2) is 4.79 Å². The average Bonchev–Trinajstić information content (AvgIpc) is 2.27. The van der Waals surface area contributed by atoms with Gasteiger partial charge < -0.3 is 20.1 Å². The van der Waals surface area contributed by atoms with Gasteiger partial charge in [-0.15, -0.1) is 0 Å². The van der Waals surface area contributed by atoms with Crippen molar-refractivity contribution in [2.24, 2.45) is 5.73 Å². The van der Waals surface area contributed by atoms with E-state index in [9.17, 15) is 4.79 Å². The molecule has 0 aliphatic carbocycles. The lowest BCUT2D eigenvalue weighted by atomic mass is 10.1. The van der Waals surface area contributed by atoms with Gasteiger partial charge in [-0.2, -0.15) is 0 Å². The maximum absolute atomic E-state index is 11.9. The molecule has 0 aromatic heterocycles. The van der Waals surface area contributed by atoms with E-state index in [0.717, 1.165) is 19.4 Å². The Kier molecular flexibility index (Phi) is 5.41. The molecule has 18 heavy (non-hydrogen) atoms. The smallest absolute Gasteiger partial charge is 0.410 e. The molecular formula is C13H26N2O3. The molecule has 1 heterocycles. The molecule has 0 aromatic rings. The Morgan fingerprint density at radius 2 is 2.17 bits per heavy atom. The summed E-state index contributed by atoms with van der Waals surface area (Å²) in [5.74, 6) is 0. The number of hydrogen-bond donors (Lipinski definition) is 1. The fourth-order valence-corrected chi connectivity index (χ4v) is 1.93. The highest BCUT2D eigenvalue weighted by molar-refractivity contribution is 5.68. The van der Waals surface area contributed by atoms with Gasteiger partial charge in [-0.1, -0.05) is 0 Å². The SMILES string of the molecule is CC(CN)OC1CCCN(C(=O)OC(C)(C)C)C1. The van der Waals surface area contributed by atoms with Crippen molar-refractivity contribution in [3.8, 4) is 0 Å². The first kappa shape index (κ1) is 15.2. The van der Waals surface area contributed by atoms with Crippen LogP contribution in [0, 0.1) is 0 Å². The van der Waals surface area contributed by atoms with Gasteiger partial charge in [0.25, 0.3) is 0 Å². The quantitative estimate of drug-likeness (QED) is 0.837. The maximum Gasteiger partial charge on any atom is 0.410 e. The minimum atomic E-state index is -0.449. The highest BCUT2D eigenvalue weighted by Crippen LogP contribution is 2.17. The van der Waals surface area contributed by atoms with E-state index in [1.54, 1.807) is 4.90 Å². The molecule has 0 bridgehead atoms. The van der Waals surface area contributed by atoms with Crippen LogP contribution in [-0.2, 0) is 9.47 Å². The first-order valence-electron chi connectivity index (χ1n) is 6.65. The third-order valence-corrected chi connectivity index (χ3v) is 2.79. The van der Waals surface area contributed by atoms with Crippen molar-refractivity contribution in [2.45, 2.75) is 58.3 Å². The summed E-state index contributed by atoms with van der Waals surface area (Å²) in [5.41, 5.74) is 5.09.